The molecule has 0 spiro atoms. The van der Waals surface area contributed by atoms with Crippen molar-refractivity contribution in [1.82, 2.24) is 19.8 Å². The number of hydrogen-bond donors (Lipinski definition) is 1. The molecule has 0 amide bonds. The Morgan fingerprint density at radius 3 is 2.27 bits per heavy atom. The van der Waals surface area contributed by atoms with E-state index in [0.29, 0.717) is 6.04 Å². The Hall–Kier alpha value is -2.74. The number of piperazine rings is 1. The average Bonchev–Trinajstić information content (AvgIpc) is 3.45. The Labute approximate surface area is 281 Å². The van der Waals surface area contributed by atoms with Crippen LogP contribution < -0.4 is 9.47 Å². The molecule has 1 saturated heterocycles. The molecule has 9 heteroatoms. The average molecular weight is 662 g/mol. The maximum atomic E-state index is 5.48. The molecule has 0 bridgehead atoms. The van der Waals surface area contributed by atoms with Gasteiger partial charge in [-0.25, -0.2) is 4.98 Å². The summed E-state index contributed by atoms with van der Waals surface area (Å²) in [6.07, 6.45) is 4.28. The number of methoxy groups -OCH3 is 2. The Morgan fingerprint density at radius 1 is 0.864 bits per heavy atom. The lowest BCUT2D eigenvalue weighted by atomic mass is 9.98. The maximum absolute atomic E-state index is 5.48. The van der Waals surface area contributed by atoms with Gasteiger partial charge >= 0.3 is 0 Å². The summed E-state index contributed by atoms with van der Waals surface area (Å²) in [6.45, 7) is 8.76. The van der Waals surface area contributed by atoms with Crippen molar-refractivity contribution in [2.24, 2.45) is 0 Å². The molecule has 3 aromatic carbocycles. The van der Waals surface area contributed by atoms with E-state index in [0.717, 1.165) is 74.7 Å². The lowest BCUT2D eigenvalue weighted by molar-refractivity contribution is 0.0427. The molecule has 1 aliphatic rings. The van der Waals surface area contributed by atoms with E-state index in [2.05, 4.69) is 95.4 Å². The monoisotopic (exact) mass is 660 g/mol. The molecule has 1 fully saturated rings. The summed E-state index contributed by atoms with van der Waals surface area (Å²) in [4.78, 5) is 14.2. The van der Waals surface area contributed by atoms with E-state index in [1.165, 1.54) is 22.5 Å². The van der Waals surface area contributed by atoms with Crippen LogP contribution in [0.3, 0.4) is 0 Å². The zero-order valence-electron chi connectivity index (χ0n) is 26.2. The minimum Gasteiger partial charge on any atom is -0.497 e. The van der Waals surface area contributed by atoms with Gasteiger partial charge in [-0.15, -0.1) is 37.2 Å². The van der Waals surface area contributed by atoms with Crippen LogP contribution in [0.25, 0.3) is 11.4 Å². The number of aryl methyl sites for hydroxylation is 2. The van der Waals surface area contributed by atoms with Crippen molar-refractivity contribution in [3.05, 3.63) is 101 Å². The van der Waals surface area contributed by atoms with Crippen molar-refractivity contribution in [2.75, 3.05) is 40.4 Å². The van der Waals surface area contributed by atoms with Gasteiger partial charge in [0, 0.05) is 36.9 Å². The zero-order chi connectivity index (χ0) is 28.6. The molecule has 0 aliphatic carbocycles. The molecule has 2 unspecified atom stereocenters. The molecule has 5 rings (SSSR count). The fourth-order valence-electron chi connectivity index (χ4n) is 6.06. The number of nitrogens with one attached hydrogen (secondary N) is 1. The molecule has 0 radical (unpaired) electrons. The normalized spacial score (nSPS) is 15.8. The van der Waals surface area contributed by atoms with E-state index >= 15 is 0 Å². The fourth-order valence-corrected chi connectivity index (χ4v) is 6.06. The number of halogens is 3. The summed E-state index contributed by atoms with van der Waals surface area (Å²) in [5.41, 5.74) is 6.21. The van der Waals surface area contributed by atoms with Crippen LogP contribution in [-0.4, -0.2) is 60.2 Å². The zero-order valence-corrected chi connectivity index (χ0v) is 28.6. The second-order valence-corrected chi connectivity index (χ2v) is 11.0. The van der Waals surface area contributed by atoms with Crippen molar-refractivity contribution in [2.45, 2.75) is 51.6 Å². The van der Waals surface area contributed by atoms with Gasteiger partial charge in [-0.05, 0) is 68.1 Å². The lowest BCUT2D eigenvalue weighted by Crippen LogP contribution is -2.49. The van der Waals surface area contributed by atoms with Gasteiger partial charge in [0.1, 0.15) is 17.3 Å². The van der Waals surface area contributed by atoms with Crippen molar-refractivity contribution in [3.63, 3.8) is 0 Å². The van der Waals surface area contributed by atoms with Crippen molar-refractivity contribution in [3.8, 4) is 22.9 Å². The Morgan fingerprint density at radius 2 is 1.59 bits per heavy atom. The third-order valence-electron chi connectivity index (χ3n) is 8.34. The first-order valence-electron chi connectivity index (χ1n) is 15.0. The number of nitrogens with zero attached hydrogens (tertiary/aromatic N) is 3. The van der Waals surface area contributed by atoms with Crippen molar-refractivity contribution in [1.29, 1.82) is 0 Å². The van der Waals surface area contributed by atoms with Gasteiger partial charge in [-0.1, -0.05) is 67.9 Å². The molecule has 1 aliphatic heterocycles. The van der Waals surface area contributed by atoms with E-state index in [1.54, 1.807) is 14.2 Å². The van der Waals surface area contributed by atoms with E-state index in [1.807, 2.05) is 12.1 Å². The maximum Gasteiger partial charge on any atom is 0.138 e. The van der Waals surface area contributed by atoms with Crippen LogP contribution in [0.5, 0.6) is 11.5 Å². The van der Waals surface area contributed by atoms with E-state index < -0.39 is 0 Å². The molecule has 240 valence electrons. The number of hydrogen-bond acceptors (Lipinski definition) is 5. The molecule has 44 heavy (non-hydrogen) atoms. The van der Waals surface area contributed by atoms with E-state index in [-0.39, 0.29) is 43.3 Å². The third kappa shape index (κ3) is 9.15. The predicted molar refractivity (Wildman–Crippen MR) is 188 cm³/mol. The fraction of sp³-hybridized carbons (Fsp3) is 0.400. The Balaban J connectivity index is 0.00000225. The molecular weight excluding hydrogens is 615 g/mol. The summed E-state index contributed by atoms with van der Waals surface area (Å²) >= 11 is 0. The number of imidazole rings is 1. The number of benzene rings is 3. The molecule has 0 saturated carbocycles. The summed E-state index contributed by atoms with van der Waals surface area (Å²) in [5.74, 6) is 2.68. The highest BCUT2D eigenvalue weighted by atomic mass is 35.5. The van der Waals surface area contributed by atoms with Gasteiger partial charge in [0.05, 0.1) is 26.0 Å². The first-order valence-corrected chi connectivity index (χ1v) is 15.0. The standard InChI is InChI=1S/C35H44N4O2.3ClH/c1-5-11-32-34(37-35(36-32)29-15-9-16-31(24-29)41-4)26(2)39-23-22-38(25-33(39)28-13-7-6-8-14-28)21-10-12-27-17-19-30(40-3)20-18-27;;;/h6-9,13-20,24,26,33H,5,10-12,21-23,25H2,1-4H3,(H,36,37);3*1H. The largest absolute Gasteiger partial charge is 0.497 e. The molecule has 6 nitrogen and oxygen atoms in total. The number of aromatic nitrogens is 2. The van der Waals surface area contributed by atoms with Crippen LogP contribution in [0.15, 0.2) is 78.9 Å². The van der Waals surface area contributed by atoms with Gasteiger partial charge < -0.3 is 19.4 Å². The number of rotatable bonds is 12. The van der Waals surface area contributed by atoms with Crippen LogP contribution in [0.1, 0.15) is 61.3 Å². The van der Waals surface area contributed by atoms with Gasteiger partial charge in [0.15, 0.2) is 0 Å². The van der Waals surface area contributed by atoms with Gasteiger partial charge in [0.2, 0.25) is 0 Å². The second-order valence-electron chi connectivity index (χ2n) is 11.0. The SMILES string of the molecule is CCCc1[nH]c(-c2cccc(OC)c2)nc1C(C)N1CCN(CCCc2ccc(OC)cc2)CC1c1ccccc1.Cl.Cl.Cl. The highest BCUT2D eigenvalue weighted by molar-refractivity contribution is 5.86. The van der Waals surface area contributed by atoms with Crippen molar-refractivity contribution < 1.29 is 9.47 Å². The van der Waals surface area contributed by atoms with Gasteiger partial charge in [-0.2, -0.15) is 0 Å². The minimum atomic E-state index is 0. The van der Waals surface area contributed by atoms with Crippen LogP contribution in [0.4, 0.5) is 0 Å². The van der Waals surface area contributed by atoms with Crippen molar-refractivity contribution >= 4 is 37.2 Å². The van der Waals surface area contributed by atoms with Gasteiger partial charge in [0.25, 0.3) is 0 Å². The lowest BCUT2D eigenvalue weighted by Gasteiger charge is -2.44. The van der Waals surface area contributed by atoms with E-state index in [9.17, 15) is 0 Å². The molecule has 2 heterocycles. The van der Waals surface area contributed by atoms with Crippen LogP contribution >= 0.6 is 37.2 Å². The van der Waals surface area contributed by atoms with Crippen LogP contribution in [0.2, 0.25) is 0 Å². The number of ether oxygens (including phenoxy) is 2. The smallest absolute Gasteiger partial charge is 0.138 e. The van der Waals surface area contributed by atoms with E-state index in [4.69, 9.17) is 14.5 Å². The Kier molecular flexibility index (Phi) is 15.6. The molecule has 2 atom stereocenters. The highest BCUT2D eigenvalue weighted by Crippen LogP contribution is 2.36. The molecule has 4 aromatic rings. The minimum absolute atomic E-state index is 0. The van der Waals surface area contributed by atoms with Crippen LogP contribution in [-0.2, 0) is 12.8 Å². The molecule has 1 aromatic heterocycles. The summed E-state index contributed by atoms with van der Waals surface area (Å²) in [5, 5.41) is 0. The molecule has 1 N–H and O–H groups in total. The third-order valence-corrected chi connectivity index (χ3v) is 8.34. The van der Waals surface area contributed by atoms with Crippen LogP contribution in [0, 0.1) is 0 Å². The van der Waals surface area contributed by atoms with Gasteiger partial charge in [-0.3, -0.25) is 4.90 Å². The summed E-state index contributed by atoms with van der Waals surface area (Å²) in [7, 11) is 3.43. The topological polar surface area (TPSA) is 53.6 Å². The molecular formula is C35H47Cl3N4O2. The number of H-pyrrole nitrogens is 1. The second kappa shape index (κ2) is 18.3. The predicted octanol–water partition coefficient (Wildman–Crippen LogP) is 8.36. The highest BCUT2D eigenvalue weighted by Gasteiger charge is 2.33. The quantitative estimate of drug-likeness (QED) is 0.165. The number of aromatic amines is 1. The summed E-state index contributed by atoms with van der Waals surface area (Å²) < 4.78 is 10.8. The first kappa shape index (κ1) is 37.4. The summed E-state index contributed by atoms with van der Waals surface area (Å²) in [6, 6.07) is 28.2. The first-order chi connectivity index (χ1) is 20.1. The Bertz CT molecular complexity index is 1380.